The highest BCUT2D eigenvalue weighted by atomic mass is 32.1. The molecular formula is C18H16N4O3S. The van der Waals surface area contributed by atoms with E-state index in [4.69, 9.17) is 4.74 Å². The molecule has 7 nitrogen and oxygen atoms in total. The molecule has 0 radical (unpaired) electrons. The molecule has 2 aromatic heterocycles. The molecule has 0 bridgehead atoms. The number of aromatic nitrogens is 3. The minimum atomic E-state index is -0.494. The summed E-state index contributed by atoms with van der Waals surface area (Å²) in [5, 5.41) is 9.52. The molecular weight excluding hydrogens is 352 g/mol. The molecule has 1 amide bonds. The third kappa shape index (κ3) is 5.12. The Morgan fingerprint density at radius 3 is 2.77 bits per heavy atom. The Morgan fingerprint density at radius 2 is 2.12 bits per heavy atom. The molecule has 0 aliphatic heterocycles. The quantitative estimate of drug-likeness (QED) is 0.411. The summed E-state index contributed by atoms with van der Waals surface area (Å²) >= 11 is 1.51. The Kier molecular flexibility index (Phi) is 5.55. The number of esters is 1. The molecule has 0 aliphatic carbocycles. The van der Waals surface area contributed by atoms with Gasteiger partial charge in [-0.1, -0.05) is 0 Å². The van der Waals surface area contributed by atoms with Gasteiger partial charge in [0, 0.05) is 29.5 Å². The third-order valence-electron chi connectivity index (χ3n) is 3.25. The third-order valence-corrected chi connectivity index (χ3v) is 4.04. The van der Waals surface area contributed by atoms with E-state index in [2.05, 4.69) is 15.4 Å². The zero-order valence-corrected chi connectivity index (χ0v) is 14.8. The summed E-state index contributed by atoms with van der Waals surface area (Å²) in [6, 6.07) is 8.30. The fourth-order valence-corrected chi connectivity index (χ4v) is 2.69. The van der Waals surface area contributed by atoms with Crippen molar-refractivity contribution in [3.8, 4) is 5.75 Å². The lowest BCUT2D eigenvalue weighted by molar-refractivity contribution is -0.129. The molecule has 26 heavy (non-hydrogen) atoms. The van der Waals surface area contributed by atoms with E-state index >= 15 is 0 Å². The number of benzene rings is 1. The van der Waals surface area contributed by atoms with Crippen molar-refractivity contribution < 1.29 is 14.3 Å². The molecule has 0 fully saturated rings. The molecule has 2 heterocycles. The second-order valence-corrected chi connectivity index (χ2v) is 6.38. The number of hydrogen-bond acceptors (Lipinski definition) is 6. The smallest absolute Gasteiger partial charge is 0.336 e. The maximum atomic E-state index is 11.9. The van der Waals surface area contributed by atoms with Crippen molar-refractivity contribution in [2.75, 3.05) is 5.32 Å². The van der Waals surface area contributed by atoms with Crippen LogP contribution in [0.25, 0.3) is 6.08 Å². The van der Waals surface area contributed by atoms with Crippen LogP contribution < -0.4 is 10.1 Å². The van der Waals surface area contributed by atoms with Crippen LogP contribution in [0.1, 0.15) is 10.7 Å². The molecule has 0 spiro atoms. The highest BCUT2D eigenvalue weighted by molar-refractivity contribution is 7.09. The summed E-state index contributed by atoms with van der Waals surface area (Å²) in [4.78, 5) is 27.9. The summed E-state index contributed by atoms with van der Waals surface area (Å²) < 4.78 is 6.74. The molecule has 0 saturated carbocycles. The van der Waals surface area contributed by atoms with Gasteiger partial charge in [0.25, 0.3) is 0 Å². The standard InChI is InChI=1S/C18H16N4O3S/c1-13-20-15(12-26-13)5-8-18(24)25-16-6-3-14(4-7-16)21-17(23)11-22-10-2-9-19-22/h2-10,12H,11H2,1H3,(H,21,23). The number of nitrogens with one attached hydrogen (secondary N) is 1. The number of amides is 1. The molecule has 3 aromatic rings. The first-order valence-electron chi connectivity index (χ1n) is 7.78. The summed E-state index contributed by atoms with van der Waals surface area (Å²) in [5.41, 5.74) is 1.33. The van der Waals surface area contributed by atoms with Gasteiger partial charge in [0.2, 0.25) is 5.91 Å². The van der Waals surface area contributed by atoms with Crippen LogP contribution in [0, 0.1) is 6.92 Å². The normalized spacial score (nSPS) is 10.8. The van der Waals surface area contributed by atoms with Crippen LogP contribution in [0.4, 0.5) is 5.69 Å². The number of thiazole rings is 1. The van der Waals surface area contributed by atoms with Crippen LogP contribution in [0.5, 0.6) is 5.75 Å². The first kappa shape index (κ1) is 17.6. The lowest BCUT2D eigenvalue weighted by atomic mass is 10.3. The van der Waals surface area contributed by atoms with Gasteiger partial charge in [0.05, 0.1) is 10.7 Å². The summed E-state index contributed by atoms with van der Waals surface area (Å²) in [7, 11) is 0. The molecule has 3 rings (SSSR count). The highest BCUT2D eigenvalue weighted by Crippen LogP contribution is 2.16. The molecule has 1 aromatic carbocycles. The second kappa shape index (κ2) is 8.21. The average Bonchev–Trinajstić information content (AvgIpc) is 3.26. The monoisotopic (exact) mass is 368 g/mol. The minimum absolute atomic E-state index is 0.130. The van der Waals surface area contributed by atoms with Gasteiger partial charge in [-0.2, -0.15) is 5.10 Å². The van der Waals surface area contributed by atoms with E-state index in [1.54, 1.807) is 48.8 Å². The molecule has 0 saturated heterocycles. The van der Waals surface area contributed by atoms with Gasteiger partial charge in [-0.3, -0.25) is 9.48 Å². The average molecular weight is 368 g/mol. The van der Waals surface area contributed by atoms with E-state index in [1.807, 2.05) is 12.3 Å². The van der Waals surface area contributed by atoms with Gasteiger partial charge in [-0.25, -0.2) is 9.78 Å². The van der Waals surface area contributed by atoms with E-state index in [0.29, 0.717) is 11.4 Å². The highest BCUT2D eigenvalue weighted by Gasteiger charge is 2.05. The van der Waals surface area contributed by atoms with E-state index in [9.17, 15) is 9.59 Å². The van der Waals surface area contributed by atoms with Gasteiger partial charge in [-0.15, -0.1) is 11.3 Å². The van der Waals surface area contributed by atoms with Crippen molar-refractivity contribution >= 4 is 35.0 Å². The Hall–Kier alpha value is -3.26. The zero-order chi connectivity index (χ0) is 18.4. The molecule has 0 atom stereocenters. The largest absolute Gasteiger partial charge is 0.423 e. The topological polar surface area (TPSA) is 86.1 Å². The van der Waals surface area contributed by atoms with Crippen LogP contribution in [0.3, 0.4) is 0 Å². The molecule has 1 N–H and O–H groups in total. The van der Waals surface area contributed by atoms with Gasteiger partial charge >= 0.3 is 5.97 Å². The first-order valence-corrected chi connectivity index (χ1v) is 8.66. The van der Waals surface area contributed by atoms with Crippen LogP contribution >= 0.6 is 11.3 Å². The fraction of sp³-hybridized carbons (Fsp3) is 0.111. The number of carbonyl (C=O) groups is 2. The van der Waals surface area contributed by atoms with Gasteiger partial charge in [0.15, 0.2) is 0 Å². The fourth-order valence-electron chi connectivity index (χ4n) is 2.11. The number of ether oxygens (including phenoxy) is 1. The minimum Gasteiger partial charge on any atom is -0.423 e. The predicted molar refractivity (Wildman–Crippen MR) is 98.8 cm³/mol. The van der Waals surface area contributed by atoms with E-state index < -0.39 is 5.97 Å². The first-order chi connectivity index (χ1) is 12.6. The number of anilines is 1. The lowest BCUT2D eigenvalue weighted by Crippen LogP contribution is -2.18. The molecule has 0 unspecified atom stereocenters. The van der Waals surface area contributed by atoms with Crippen LogP contribution in [0.15, 0.2) is 54.2 Å². The second-order valence-electron chi connectivity index (χ2n) is 5.32. The van der Waals surface area contributed by atoms with Crippen molar-refractivity contribution in [3.63, 3.8) is 0 Å². The van der Waals surface area contributed by atoms with Crippen molar-refractivity contribution in [2.24, 2.45) is 0 Å². The van der Waals surface area contributed by atoms with Gasteiger partial charge in [0.1, 0.15) is 12.3 Å². The Bertz CT molecular complexity index is 914. The number of hydrogen-bond donors (Lipinski definition) is 1. The predicted octanol–water partition coefficient (Wildman–Crippen LogP) is 2.91. The van der Waals surface area contributed by atoms with Crippen molar-refractivity contribution in [1.82, 2.24) is 14.8 Å². The summed E-state index contributed by atoms with van der Waals surface area (Å²) in [6.45, 7) is 2.03. The van der Waals surface area contributed by atoms with Gasteiger partial charge in [-0.05, 0) is 43.3 Å². The molecule has 8 heteroatoms. The van der Waals surface area contributed by atoms with Crippen molar-refractivity contribution in [2.45, 2.75) is 13.5 Å². The summed E-state index contributed by atoms with van der Waals surface area (Å²) in [5.74, 6) is -0.301. The Morgan fingerprint density at radius 1 is 1.31 bits per heavy atom. The number of nitrogens with zero attached hydrogens (tertiary/aromatic N) is 3. The van der Waals surface area contributed by atoms with E-state index in [1.165, 1.54) is 22.1 Å². The molecule has 0 aliphatic rings. The van der Waals surface area contributed by atoms with Gasteiger partial charge < -0.3 is 10.1 Å². The summed E-state index contributed by atoms with van der Waals surface area (Å²) in [6.07, 6.45) is 6.26. The molecule has 132 valence electrons. The Balaban J connectivity index is 1.51. The lowest BCUT2D eigenvalue weighted by Gasteiger charge is -2.06. The maximum Gasteiger partial charge on any atom is 0.336 e. The van der Waals surface area contributed by atoms with E-state index in [-0.39, 0.29) is 12.5 Å². The van der Waals surface area contributed by atoms with Crippen molar-refractivity contribution in [3.05, 3.63) is 64.9 Å². The maximum absolute atomic E-state index is 11.9. The SMILES string of the molecule is Cc1nc(C=CC(=O)Oc2ccc(NC(=O)Cn3cccn3)cc2)cs1. The zero-order valence-electron chi connectivity index (χ0n) is 14.0. The van der Waals surface area contributed by atoms with Crippen molar-refractivity contribution in [1.29, 1.82) is 0 Å². The Labute approximate surface area is 153 Å². The van der Waals surface area contributed by atoms with E-state index in [0.717, 1.165) is 10.7 Å². The van der Waals surface area contributed by atoms with Crippen LogP contribution in [-0.4, -0.2) is 26.6 Å². The number of rotatable bonds is 6. The van der Waals surface area contributed by atoms with Crippen LogP contribution in [0.2, 0.25) is 0 Å². The van der Waals surface area contributed by atoms with Crippen LogP contribution in [-0.2, 0) is 16.1 Å². The number of aryl methyl sites for hydroxylation is 1. The number of carbonyl (C=O) groups excluding carboxylic acids is 2.